The number of anilines is 2. The van der Waals surface area contributed by atoms with Crippen molar-refractivity contribution in [2.24, 2.45) is 5.84 Å². The van der Waals surface area contributed by atoms with Gasteiger partial charge in [-0.2, -0.15) is 0 Å². The molecular formula is C13H16N4O3S. The highest BCUT2D eigenvalue weighted by molar-refractivity contribution is 7.92. The minimum atomic E-state index is -3.70. The topological polar surface area (TPSA) is 97.5 Å². The Balaban J connectivity index is 2.37. The molecule has 0 aliphatic carbocycles. The van der Waals surface area contributed by atoms with Crippen LogP contribution >= 0.6 is 0 Å². The second-order valence-electron chi connectivity index (χ2n) is 4.20. The lowest BCUT2D eigenvalue weighted by Crippen LogP contribution is -2.26. The molecule has 2 rings (SSSR count). The van der Waals surface area contributed by atoms with E-state index in [1.165, 1.54) is 36.8 Å². The molecule has 3 N–H and O–H groups in total. The van der Waals surface area contributed by atoms with Crippen LogP contribution < -0.4 is 20.3 Å². The quantitative estimate of drug-likeness (QED) is 0.636. The van der Waals surface area contributed by atoms with Crippen molar-refractivity contribution in [3.63, 3.8) is 0 Å². The number of rotatable bonds is 5. The Morgan fingerprint density at radius 1 is 1.29 bits per heavy atom. The molecule has 1 aromatic heterocycles. The maximum absolute atomic E-state index is 12.5. The predicted molar refractivity (Wildman–Crippen MR) is 80.6 cm³/mol. The zero-order valence-electron chi connectivity index (χ0n) is 11.6. The molecule has 0 radical (unpaired) electrons. The van der Waals surface area contributed by atoms with E-state index in [9.17, 15) is 8.42 Å². The van der Waals surface area contributed by atoms with Crippen LogP contribution in [0.1, 0.15) is 0 Å². The van der Waals surface area contributed by atoms with Gasteiger partial charge in [0.15, 0.2) is 0 Å². The van der Waals surface area contributed by atoms with Gasteiger partial charge in [-0.1, -0.05) is 6.07 Å². The average Bonchev–Trinajstić information content (AvgIpc) is 2.54. The summed E-state index contributed by atoms with van der Waals surface area (Å²) in [5.74, 6) is 6.17. The highest BCUT2D eigenvalue weighted by Crippen LogP contribution is 2.25. The van der Waals surface area contributed by atoms with Gasteiger partial charge in [-0.3, -0.25) is 4.31 Å². The summed E-state index contributed by atoms with van der Waals surface area (Å²) in [6, 6.07) is 9.72. The Morgan fingerprint density at radius 2 is 2.05 bits per heavy atom. The molecule has 0 aliphatic heterocycles. The number of nitrogen functional groups attached to an aromatic ring is 1. The van der Waals surface area contributed by atoms with E-state index in [1.54, 1.807) is 24.3 Å². The van der Waals surface area contributed by atoms with E-state index in [4.69, 9.17) is 10.6 Å². The summed E-state index contributed by atoms with van der Waals surface area (Å²) < 4.78 is 31.3. The van der Waals surface area contributed by atoms with E-state index in [0.717, 1.165) is 0 Å². The minimum Gasteiger partial charge on any atom is -0.497 e. The lowest BCUT2D eigenvalue weighted by Gasteiger charge is -2.19. The summed E-state index contributed by atoms with van der Waals surface area (Å²) in [6.07, 6.45) is 1.25. The van der Waals surface area contributed by atoms with Crippen LogP contribution in [0.3, 0.4) is 0 Å². The molecule has 1 aromatic carbocycles. The van der Waals surface area contributed by atoms with Crippen molar-refractivity contribution in [2.75, 3.05) is 23.9 Å². The number of hydrogen-bond donors (Lipinski definition) is 2. The number of aromatic nitrogens is 1. The van der Waals surface area contributed by atoms with Gasteiger partial charge >= 0.3 is 0 Å². The fraction of sp³-hybridized carbons (Fsp3) is 0.154. The van der Waals surface area contributed by atoms with Crippen molar-refractivity contribution in [1.82, 2.24) is 4.98 Å². The van der Waals surface area contributed by atoms with E-state index in [2.05, 4.69) is 10.4 Å². The van der Waals surface area contributed by atoms with Gasteiger partial charge in [-0.05, 0) is 24.3 Å². The highest BCUT2D eigenvalue weighted by atomic mass is 32.2. The molecule has 0 unspecified atom stereocenters. The molecule has 0 bridgehead atoms. The van der Waals surface area contributed by atoms with Gasteiger partial charge in [0, 0.05) is 19.3 Å². The molecular weight excluding hydrogens is 292 g/mol. The Hall–Kier alpha value is -2.32. The molecule has 0 atom stereocenters. The Kier molecular flexibility index (Phi) is 4.29. The summed E-state index contributed by atoms with van der Waals surface area (Å²) in [6.45, 7) is 0. The number of nitrogens with zero attached hydrogens (tertiary/aromatic N) is 2. The summed E-state index contributed by atoms with van der Waals surface area (Å²) in [5, 5.41) is 0. The van der Waals surface area contributed by atoms with Gasteiger partial charge in [0.2, 0.25) is 0 Å². The predicted octanol–water partition coefficient (Wildman–Crippen LogP) is 1.20. The SMILES string of the molecule is COc1cccc(N(C)S(=O)(=O)c2ccc(NN)nc2)c1. The fourth-order valence-corrected chi connectivity index (χ4v) is 2.85. The molecule has 0 spiro atoms. The number of sulfonamides is 1. The lowest BCUT2D eigenvalue weighted by atomic mass is 10.3. The standard InChI is InChI=1S/C13H16N4O3S/c1-17(10-4-3-5-11(8-10)20-2)21(18,19)12-6-7-13(16-14)15-9-12/h3-9H,14H2,1-2H3,(H,15,16). The summed E-state index contributed by atoms with van der Waals surface area (Å²) in [4.78, 5) is 3.98. The monoisotopic (exact) mass is 308 g/mol. The van der Waals surface area contributed by atoms with E-state index >= 15 is 0 Å². The first-order valence-corrected chi connectivity index (χ1v) is 7.48. The molecule has 7 nitrogen and oxygen atoms in total. The fourth-order valence-electron chi connectivity index (χ4n) is 1.72. The van der Waals surface area contributed by atoms with E-state index in [1.807, 2.05) is 0 Å². The first-order valence-electron chi connectivity index (χ1n) is 6.04. The number of hydrazine groups is 1. The third-order valence-corrected chi connectivity index (χ3v) is 4.73. The Bertz CT molecular complexity index is 716. The summed E-state index contributed by atoms with van der Waals surface area (Å²) >= 11 is 0. The molecule has 2 aromatic rings. The minimum absolute atomic E-state index is 0.0758. The van der Waals surface area contributed by atoms with Crippen molar-refractivity contribution in [1.29, 1.82) is 0 Å². The first kappa shape index (κ1) is 15.1. The van der Waals surface area contributed by atoms with E-state index in [-0.39, 0.29) is 4.90 Å². The van der Waals surface area contributed by atoms with Crippen LogP contribution in [0, 0.1) is 0 Å². The maximum atomic E-state index is 12.5. The molecule has 21 heavy (non-hydrogen) atoms. The van der Waals surface area contributed by atoms with Crippen LogP contribution in [0.4, 0.5) is 11.5 Å². The second-order valence-corrected chi connectivity index (χ2v) is 6.17. The lowest BCUT2D eigenvalue weighted by molar-refractivity contribution is 0.415. The number of nitrogens with two attached hydrogens (primary N) is 1. The smallest absolute Gasteiger partial charge is 0.265 e. The van der Waals surface area contributed by atoms with Crippen LogP contribution in [-0.2, 0) is 10.0 Å². The number of methoxy groups -OCH3 is 1. The molecule has 0 amide bonds. The third kappa shape index (κ3) is 3.06. The van der Waals surface area contributed by atoms with Crippen LogP contribution in [0.25, 0.3) is 0 Å². The number of benzene rings is 1. The van der Waals surface area contributed by atoms with Crippen LogP contribution in [0.5, 0.6) is 5.75 Å². The number of ether oxygens (including phenoxy) is 1. The molecule has 0 fully saturated rings. The number of hydrogen-bond acceptors (Lipinski definition) is 6. The highest BCUT2D eigenvalue weighted by Gasteiger charge is 2.22. The largest absolute Gasteiger partial charge is 0.497 e. The zero-order chi connectivity index (χ0) is 15.5. The van der Waals surface area contributed by atoms with Crippen LogP contribution in [0.2, 0.25) is 0 Å². The summed E-state index contributed by atoms with van der Waals surface area (Å²) in [5.41, 5.74) is 2.84. The first-order chi connectivity index (χ1) is 9.98. The van der Waals surface area contributed by atoms with Crippen LogP contribution in [-0.4, -0.2) is 27.6 Å². The molecule has 8 heteroatoms. The van der Waals surface area contributed by atoms with Gasteiger partial charge in [-0.25, -0.2) is 19.2 Å². The molecule has 1 heterocycles. The molecule has 0 aliphatic rings. The molecule has 0 saturated carbocycles. The van der Waals surface area contributed by atoms with Gasteiger partial charge in [0.05, 0.1) is 12.8 Å². The number of pyridine rings is 1. The van der Waals surface area contributed by atoms with Gasteiger partial charge in [0.1, 0.15) is 16.5 Å². The van der Waals surface area contributed by atoms with Gasteiger partial charge in [-0.15, -0.1) is 0 Å². The Morgan fingerprint density at radius 3 is 2.62 bits per heavy atom. The molecule has 0 saturated heterocycles. The Labute approximate surface area is 123 Å². The van der Waals surface area contributed by atoms with Crippen molar-refractivity contribution in [2.45, 2.75) is 4.90 Å². The summed E-state index contributed by atoms with van der Waals surface area (Å²) in [7, 11) is -0.700. The van der Waals surface area contributed by atoms with Crippen LogP contribution in [0.15, 0.2) is 47.5 Å². The second kappa shape index (κ2) is 5.98. The van der Waals surface area contributed by atoms with Gasteiger partial charge < -0.3 is 10.2 Å². The van der Waals surface area contributed by atoms with E-state index < -0.39 is 10.0 Å². The van der Waals surface area contributed by atoms with E-state index in [0.29, 0.717) is 17.3 Å². The van der Waals surface area contributed by atoms with Crippen molar-refractivity contribution in [3.05, 3.63) is 42.6 Å². The van der Waals surface area contributed by atoms with Crippen molar-refractivity contribution >= 4 is 21.5 Å². The number of nitrogens with one attached hydrogen (secondary N) is 1. The third-order valence-electron chi connectivity index (χ3n) is 2.96. The molecule has 112 valence electrons. The van der Waals surface area contributed by atoms with Crippen molar-refractivity contribution in [3.8, 4) is 5.75 Å². The maximum Gasteiger partial charge on any atom is 0.265 e. The normalized spacial score (nSPS) is 11.0. The van der Waals surface area contributed by atoms with Crippen molar-refractivity contribution < 1.29 is 13.2 Å². The average molecular weight is 308 g/mol. The zero-order valence-corrected chi connectivity index (χ0v) is 12.5. The van der Waals surface area contributed by atoms with Gasteiger partial charge in [0.25, 0.3) is 10.0 Å².